The summed E-state index contributed by atoms with van der Waals surface area (Å²) in [6.07, 6.45) is 6.36. The van der Waals surface area contributed by atoms with E-state index in [1.807, 2.05) is 6.92 Å². The highest BCUT2D eigenvalue weighted by molar-refractivity contribution is 5.83. The summed E-state index contributed by atoms with van der Waals surface area (Å²) < 4.78 is 0. The third kappa shape index (κ3) is 2.94. The monoisotopic (exact) mass is 212 g/mol. The van der Waals surface area contributed by atoms with Crippen molar-refractivity contribution in [2.24, 2.45) is 11.1 Å². The predicted octanol–water partition coefficient (Wildman–Crippen LogP) is 1.81. The Hall–Kier alpha value is -0.570. The molecule has 0 aliphatic heterocycles. The molecule has 0 aromatic heterocycles. The number of hydrogen-bond donors (Lipinski definition) is 2. The van der Waals surface area contributed by atoms with Crippen LogP contribution in [0.2, 0.25) is 0 Å². The molecule has 3 heteroatoms. The van der Waals surface area contributed by atoms with E-state index in [1.54, 1.807) is 0 Å². The van der Waals surface area contributed by atoms with E-state index < -0.39 is 0 Å². The molecule has 15 heavy (non-hydrogen) atoms. The maximum Gasteiger partial charge on any atom is 0.226 e. The Labute approximate surface area is 92.8 Å². The maximum atomic E-state index is 12.1. The van der Waals surface area contributed by atoms with E-state index in [1.165, 1.54) is 12.8 Å². The molecule has 1 unspecified atom stereocenters. The Morgan fingerprint density at radius 3 is 2.53 bits per heavy atom. The van der Waals surface area contributed by atoms with Gasteiger partial charge in [-0.2, -0.15) is 0 Å². The van der Waals surface area contributed by atoms with Crippen LogP contribution in [0.4, 0.5) is 0 Å². The average molecular weight is 212 g/mol. The van der Waals surface area contributed by atoms with Gasteiger partial charge in [-0.15, -0.1) is 0 Å². The van der Waals surface area contributed by atoms with Crippen LogP contribution in [0.25, 0.3) is 0 Å². The molecule has 1 fully saturated rings. The van der Waals surface area contributed by atoms with Gasteiger partial charge < -0.3 is 11.1 Å². The minimum atomic E-state index is -0.0666. The highest BCUT2D eigenvalue weighted by atomic mass is 16.2. The van der Waals surface area contributed by atoms with Crippen molar-refractivity contribution in [2.75, 3.05) is 6.54 Å². The van der Waals surface area contributed by atoms with E-state index in [9.17, 15) is 4.79 Å². The summed E-state index contributed by atoms with van der Waals surface area (Å²) in [4.78, 5) is 12.1. The summed E-state index contributed by atoms with van der Waals surface area (Å²) >= 11 is 0. The Morgan fingerprint density at radius 1 is 1.47 bits per heavy atom. The standard InChI is InChI=1S/C12H24N2O/c1-3-12(7-4-5-8-12)11(15)14-10(2)6-9-13/h10H,3-9,13H2,1-2H3,(H,14,15). The molecular weight excluding hydrogens is 188 g/mol. The molecule has 0 aromatic rings. The van der Waals surface area contributed by atoms with E-state index in [0.717, 1.165) is 25.7 Å². The molecule has 1 aliphatic carbocycles. The fourth-order valence-corrected chi connectivity index (χ4v) is 2.49. The lowest BCUT2D eigenvalue weighted by Gasteiger charge is -2.28. The summed E-state index contributed by atoms with van der Waals surface area (Å²) in [6.45, 7) is 4.79. The van der Waals surface area contributed by atoms with E-state index in [2.05, 4.69) is 12.2 Å². The zero-order valence-electron chi connectivity index (χ0n) is 10.0. The van der Waals surface area contributed by atoms with Crippen LogP contribution in [-0.4, -0.2) is 18.5 Å². The minimum Gasteiger partial charge on any atom is -0.353 e. The number of rotatable bonds is 5. The molecule has 0 heterocycles. The lowest BCUT2D eigenvalue weighted by molar-refractivity contribution is -0.131. The van der Waals surface area contributed by atoms with Crippen LogP contribution in [0.15, 0.2) is 0 Å². The molecule has 0 saturated heterocycles. The number of carbonyl (C=O) groups excluding carboxylic acids is 1. The topological polar surface area (TPSA) is 55.1 Å². The fraction of sp³-hybridized carbons (Fsp3) is 0.917. The van der Waals surface area contributed by atoms with E-state index in [0.29, 0.717) is 6.54 Å². The van der Waals surface area contributed by atoms with Gasteiger partial charge in [0, 0.05) is 11.5 Å². The quantitative estimate of drug-likeness (QED) is 0.730. The van der Waals surface area contributed by atoms with Crippen molar-refractivity contribution >= 4 is 5.91 Å². The number of carbonyl (C=O) groups is 1. The Bertz CT molecular complexity index is 210. The zero-order chi connectivity index (χ0) is 11.3. The van der Waals surface area contributed by atoms with Crippen LogP contribution in [0.5, 0.6) is 0 Å². The van der Waals surface area contributed by atoms with E-state index in [-0.39, 0.29) is 17.4 Å². The fourth-order valence-electron chi connectivity index (χ4n) is 2.49. The summed E-state index contributed by atoms with van der Waals surface area (Å²) in [6, 6.07) is 0.214. The second kappa shape index (κ2) is 5.50. The van der Waals surface area contributed by atoms with E-state index in [4.69, 9.17) is 5.73 Å². The van der Waals surface area contributed by atoms with E-state index >= 15 is 0 Å². The largest absolute Gasteiger partial charge is 0.353 e. The smallest absolute Gasteiger partial charge is 0.226 e. The third-order valence-corrected chi connectivity index (χ3v) is 3.70. The molecule has 1 saturated carbocycles. The number of amides is 1. The van der Waals surface area contributed by atoms with Crippen molar-refractivity contribution in [3.63, 3.8) is 0 Å². The molecule has 1 aliphatic rings. The van der Waals surface area contributed by atoms with Crippen molar-refractivity contribution in [2.45, 2.75) is 58.4 Å². The highest BCUT2D eigenvalue weighted by Gasteiger charge is 2.39. The average Bonchev–Trinajstić information content (AvgIpc) is 2.67. The summed E-state index contributed by atoms with van der Waals surface area (Å²) in [7, 11) is 0. The normalized spacial score (nSPS) is 21.3. The number of nitrogens with one attached hydrogen (secondary N) is 1. The Kier molecular flexibility index (Phi) is 4.58. The van der Waals surface area contributed by atoms with Crippen molar-refractivity contribution in [1.82, 2.24) is 5.32 Å². The van der Waals surface area contributed by atoms with Gasteiger partial charge in [0.15, 0.2) is 0 Å². The predicted molar refractivity (Wildman–Crippen MR) is 62.5 cm³/mol. The first-order valence-electron chi connectivity index (χ1n) is 6.15. The first-order valence-corrected chi connectivity index (χ1v) is 6.15. The molecule has 88 valence electrons. The minimum absolute atomic E-state index is 0.0666. The SMILES string of the molecule is CCC1(C(=O)NC(C)CCN)CCCC1. The molecular formula is C12H24N2O. The molecule has 3 N–H and O–H groups in total. The zero-order valence-corrected chi connectivity index (χ0v) is 10.0. The maximum absolute atomic E-state index is 12.1. The van der Waals surface area contributed by atoms with Gasteiger partial charge >= 0.3 is 0 Å². The van der Waals surface area contributed by atoms with Gasteiger partial charge in [0.2, 0.25) is 5.91 Å². The Balaban J connectivity index is 2.50. The Morgan fingerprint density at radius 2 is 2.07 bits per heavy atom. The lowest BCUT2D eigenvalue weighted by atomic mass is 9.82. The van der Waals surface area contributed by atoms with Gasteiger partial charge in [-0.3, -0.25) is 4.79 Å². The van der Waals surface area contributed by atoms with Crippen LogP contribution >= 0.6 is 0 Å². The molecule has 1 rings (SSSR count). The van der Waals surface area contributed by atoms with Crippen LogP contribution in [0, 0.1) is 5.41 Å². The van der Waals surface area contributed by atoms with Crippen LogP contribution in [0.1, 0.15) is 52.4 Å². The molecule has 0 radical (unpaired) electrons. The lowest BCUT2D eigenvalue weighted by Crippen LogP contribution is -2.43. The first-order chi connectivity index (χ1) is 7.14. The van der Waals surface area contributed by atoms with Gasteiger partial charge in [0.05, 0.1) is 0 Å². The second-order valence-electron chi connectivity index (χ2n) is 4.79. The highest BCUT2D eigenvalue weighted by Crippen LogP contribution is 2.41. The number of nitrogens with two attached hydrogens (primary N) is 1. The van der Waals surface area contributed by atoms with Gasteiger partial charge in [-0.25, -0.2) is 0 Å². The van der Waals surface area contributed by atoms with Crippen molar-refractivity contribution in [1.29, 1.82) is 0 Å². The molecule has 1 amide bonds. The summed E-state index contributed by atoms with van der Waals surface area (Å²) in [5, 5.41) is 3.10. The van der Waals surface area contributed by atoms with Gasteiger partial charge in [-0.1, -0.05) is 19.8 Å². The van der Waals surface area contributed by atoms with Crippen molar-refractivity contribution in [3.05, 3.63) is 0 Å². The molecule has 0 bridgehead atoms. The molecule has 0 spiro atoms. The number of hydrogen-bond acceptors (Lipinski definition) is 2. The van der Waals surface area contributed by atoms with Crippen LogP contribution < -0.4 is 11.1 Å². The van der Waals surface area contributed by atoms with Gasteiger partial charge in [-0.05, 0) is 39.2 Å². The third-order valence-electron chi connectivity index (χ3n) is 3.70. The summed E-state index contributed by atoms with van der Waals surface area (Å²) in [5.41, 5.74) is 5.41. The van der Waals surface area contributed by atoms with Crippen LogP contribution in [-0.2, 0) is 4.79 Å². The van der Waals surface area contributed by atoms with Crippen molar-refractivity contribution in [3.8, 4) is 0 Å². The first kappa shape index (κ1) is 12.5. The van der Waals surface area contributed by atoms with Crippen molar-refractivity contribution < 1.29 is 4.79 Å². The molecule has 1 atom stereocenters. The molecule has 3 nitrogen and oxygen atoms in total. The van der Waals surface area contributed by atoms with Crippen LogP contribution in [0.3, 0.4) is 0 Å². The summed E-state index contributed by atoms with van der Waals surface area (Å²) in [5.74, 6) is 0.253. The van der Waals surface area contributed by atoms with Gasteiger partial charge in [0.1, 0.15) is 0 Å². The van der Waals surface area contributed by atoms with Gasteiger partial charge in [0.25, 0.3) is 0 Å². The molecule has 0 aromatic carbocycles. The second-order valence-corrected chi connectivity index (χ2v) is 4.79.